The molecule has 2 fully saturated rings. The Morgan fingerprint density at radius 3 is 2.41 bits per heavy atom. The van der Waals surface area contributed by atoms with E-state index in [0.29, 0.717) is 0 Å². The zero-order valence-electron chi connectivity index (χ0n) is 19.3. The predicted molar refractivity (Wildman–Crippen MR) is 119 cm³/mol. The molecule has 23 heteroatoms. The van der Waals surface area contributed by atoms with Gasteiger partial charge in [0.15, 0.2) is 23.6 Å². The summed E-state index contributed by atoms with van der Waals surface area (Å²) in [4.78, 5) is 41.5. The lowest BCUT2D eigenvalue weighted by molar-refractivity contribution is -0.265. The number of imidazole rings is 1. The Hall–Kier alpha value is -1.94. The van der Waals surface area contributed by atoms with Gasteiger partial charge in [-0.1, -0.05) is 0 Å². The predicted octanol–water partition coefficient (Wildman–Crippen LogP) is -3.65. The van der Waals surface area contributed by atoms with E-state index < -0.39 is 89.7 Å². The van der Waals surface area contributed by atoms with Gasteiger partial charge in [-0.25, -0.2) is 18.5 Å². The number of nitrogen functional groups attached to an aromatic ring is 1. The summed E-state index contributed by atoms with van der Waals surface area (Å²) < 4.78 is 62.8. The smallest absolute Gasteiger partial charge is 0.394 e. The Bertz CT molecular complexity index is 1340. The summed E-state index contributed by atoms with van der Waals surface area (Å²) in [5.74, 6) is -0.286. The molecule has 2 aliphatic rings. The lowest BCUT2D eigenvalue weighted by Gasteiger charge is -2.38. The molecular weight excluding hydrogens is 583 g/mol. The van der Waals surface area contributed by atoms with Crippen LogP contribution in [0.1, 0.15) is 6.23 Å². The summed E-state index contributed by atoms with van der Waals surface area (Å²) in [5, 5.41) is 49.1. The standard InChI is InChI=1S/C16H24FN5O15P2/c17-6-10(26)8(24)4(1-23)35-15(6)36-39(31,32)37-38(29,30)33-2-5-9(25)11(27)14(34-5)22-3-19-7-12(22)20-16(18)21-13(7)28/h3-6,8-11,14-15,23-27H,1-2H2,(H,29,30)(H,31,32)(H3,18,20,21,28)/t4-,5-,6-,8-,9-,10-,11-,14-,15?/m1/s1. The van der Waals surface area contributed by atoms with E-state index in [2.05, 4.69) is 28.3 Å². The highest BCUT2D eigenvalue weighted by Gasteiger charge is 2.50. The number of halogens is 1. The van der Waals surface area contributed by atoms with Crippen LogP contribution >= 0.6 is 15.6 Å². The molecule has 10 N–H and O–H groups in total. The van der Waals surface area contributed by atoms with Gasteiger partial charge in [-0.3, -0.25) is 23.4 Å². The molecule has 4 rings (SSSR count). The van der Waals surface area contributed by atoms with E-state index in [4.69, 9.17) is 20.3 Å². The Morgan fingerprint density at radius 1 is 1.08 bits per heavy atom. The highest BCUT2D eigenvalue weighted by molar-refractivity contribution is 7.61. The van der Waals surface area contributed by atoms with Crippen LogP contribution in [0.15, 0.2) is 11.1 Å². The van der Waals surface area contributed by atoms with Gasteiger partial charge in [-0.15, -0.1) is 0 Å². The molecule has 2 saturated heterocycles. The molecule has 3 unspecified atom stereocenters. The maximum Gasteiger partial charge on any atom is 0.483 e. The molecule has 0 aromatic carbocycles. The van der Waals surface area contributed by atoms with Gasteiger partial charge in [0.05, 0.1) is 19.5 Å². The molecular formula is C16H24FN5O15P2. The number of aromatic nitrogens is 4. The minimum Gasteiger partial charge on any atom is -0.394 e. The fourth-order valence-corrected chi connectivity index (χ4v) is 5.98. The number of alkyl halides is 1. The minimum absolute atomic E-state index is 0.124. The summed E-state index contributed by atoms with van der Waals surface area (Å²) in [5.41, 5.74) is 4.51. The molecule has 0 bridgehead atoms. The van der Waals surface area contributed by atoms with Gasteiger partial charge in [0.1, 0.15) is 36.6 Å². The average molecular weight is 607 g/mol. The van der Waals surface area contributed by atoms with Crippen LogP contribution in [0.2, 0.25) is 0 Å². The first-order chi connectivity index (χ1) is 18.1. The summed E-state index contributed by atoms with van der Waals surface area (Å²) in [6, 6.07) is 0. The number of fused-ring (bicyclic) bond motifs is 1. The number of nitrogens with two attached hydrogens (primary N) is 1. The molecule has 0 spiro atoms. The Kier molecular flexibility index (Phi) is 8.58. The molecule has 220 valence electrons. The number of rotatable bonds is 9. The molecule has 0 amide bonds. The Labute approximate surface area is 215 Å². The fourth-order valence-electron chi connectivity index (χ4n) is 3.83. The second kappa shape index (κ2) is 11.1. The zero-order valence-corrected chi connectivity index (χ0v) is 21.1. The summed E-state index contributed by atoms with van der Waals surface area (Å²) >= 11 is 0. The topological polar surface area (TPSA) is 311 Å². The van der Waals surface area contributed by atoms with Crippen LogP contribution in [0.3, 0.4) is 0 Å². The van der Waals surface area contributed by atoms with Crippen molar-refractivity contribution in [2.24, 2.45) is 0 Å². The number of anilines is 1. The second-order valence-corrected chi connectivity index (χ2v) is 11.4. The van der Waals surface area contributed by atoms with Crippen LogP contribution in [-0.2, 0) is 32.0 Å². The lowest BCUT2D eigenvalue weighted by atomic mass is 10.0. The number of aliphatic hydroxyl groups is 5. The molecule has 4 heterocycles. The summed E-state index contributed by atoms with van der Waals surface area (Å²) in [6.07, 6.45) is -16.2. The van der Waals surface area contributed by atoms with Gasteiger partial charge in [-0.2, -0.15) is 9.29 Å². The van der Waals surface area contributed by atoms with Crippen molar-refractivity contribution in [2.45, 2.75) is 55.3 Å². The summed E-state index contributed by atoms with van der Waals surface area (Å²) in [7, 11) is -11.2. The van der Waals surface area contributed by atoms with Gasteiger partial charge in [-0.05, 0) is 0 Å². The first-order valence-corrected chi connectivity index (χ1v) is 13.8. The Morgan fingerprint density at radius 2 is 1.74 bits per heavy atom. The van der Waals surface area contributed by atoms with Crippen LogP contribution in [0.4, 0.5) is 10.3 Å². The van der Waals surface area contributed by atoms with E-state index in [9.17, 15) is 48.5 Å². The van der Waals surface area contributed by atoms with Crippen molar-refractivity contribution in [1.29, 1.82) is 0 Å². The van der Waals surface area contributed by atoms with Gasteiger partial charge >= 0.3 is 15.6 Å². The molecule has 0 aliphatic carbocycles. The third kappa shape index (κ3) is 6.21. The number of hydrogen-bond donors (Lipinski definition) is 9. The number of phosphoric acid groups is 2. The highest BCUT2D eigenvalue weighted by Crippen LogP contribution is 2.61. The van der Waals surface area contributed by atoms with Crippen LogP contribution < -0.4 is 11.3 Å². The maximum atomic E-state index is 14.2. The van der Waals surface area contributed by atoms with Crippen molar-refractivity contribution in [3.63, 3.8) is 0 Å². The number of nitrogens with one attached hydrogen (secondary N) is 1. The highest BCUT2D eigenvalue weighted by atomic mass is 31.3. The van der Waals surface area contributed by atoms with E-state index in [1.165, 1.54) is 0 Å². The molecule has 0 saturated carbocycles. The average Bonchev–Trinajstić information content (AvgIpc) is 3.38. The van der Waals surface area contributed by atoms with E-state index in [1.807, 2.05) is 0 Å². The molecule has 0 radical (unpaired) electrons. The largest absolute Gasteiger partial charge is 0.483 e. The van der Waals surface area contributed by atoms with Crippen LogP contribution in [0.25, 0.3) is 11.2 Å². The normalized spacial score (nSPS) is 36.6. The maximum absolute atomic E-state index is 14.2. The van der Waals surface area contributed by atoms with Crippen molar-refractivity contribution in [3.05, 3.63) is 16.7 Å². The summed E-state index contributed by atoms with van der Waals surface area (Å²) in [6.45, 7) is -1.97. The molecule has 20 nitrogen and oxygen atoms in total. The van der Waals surface area contributed by atoms with E-state index >= 15 is 0 Å². The number of nitrogens with zero attached hydrogens (tertiary/aromatic N) is 3. The number of aromatic amines is 1. The van der Waals surface area contributed by atoms with Crippen molar-refractivity contribution >= 4 is 32.8 Å². The minimum atomic E-state index is -5.68. The van der Waals surface area contributed by atoms with Crippen LogP contribution in [0.5, 0.6) is 0 Å². The van der Waals surface area contributed by atoms with E-state index in [0.717, 1.165) is 10.9 Å². The third-order valence-electron chi connectivity index (χ3n) is 5.71. The number of ether oxygens (including phenoxy) is 2. The van der Waals surface area contributed by atoms with Gasteiger partial charge in [0.2, 0.25) is 12.2 Å². The molecule has 39 heavy (non-hydrogen) atoms. The molecule has 2 aliphatic heterocycles. The van der Waals surface area contributed by atoms with Gasteiger partial charge in [0.25, 0.3) is 5.56 Å². The van der Waals surface area contributed by atoms with Crippen molar-refractivity contribution in [2.75, 3.05) is 18.9 Å². The molecule has 2 aromatic heterocycles. The zero-order chi connectivity index (χ0) is 28.9. The quantitative estimate of drug-likeness (QED) is 0.124. The van der Waals surface area contributed by atoms with Gasteiger partial charge < -0.3 is 50.5 Å². The fraction of sp³-hybridized carbons (Fsp3) is 0.688. The second-order valence-electron chi connectivity index (χ2n) is 8.39. The number of aliphatic hydroxyl groups excluding tert-OH is 5. The third-order valence-corrected chi connectivity index (χ3v) is 8.31. The van der Waals surface area contributed by atoms with Crippen molar-refractivity contribution < 1.29 is 71.7 Å². The Balaban J connectivity index is 1.39. The number of phosphoric ester groups is 2. The van der Waals surface area contributed by atoms with Crippen LogP contribution in [0, 0.1) is 0 Å². The first kappa shape index (κ1) is 30.0. The molecule has 11 atom stereocenters. The van der Waals surface area contributed by atoms with E-state index in [-0.39, 0.29) is 17.1 Å². The van der Waals surface area contributed by atoms with Crippen molar-refractivity contribution in [1.82, 2.24) is 19.5 Å². The van der Waals surface area contributed by atoms with Crippen molar-refractivity contribution in [3.8, 4) is 0 Å². The molecule has 2 aromatic rings. The monoisotopic (exact) mass is 607 g/mol. The number of hydrogen-bond acceptors (Lipinski definition) is 16. The van der Waals surface area contributed by atoms with E-state index in [1.54, 1.807) is 0 Å². The lowest BCUT2D eigenvalue weighted by Crippen LogP contribution is -2.57. The number of H-pyrrole nitrogens is 1. The van der Waals surface area contributed by atoms with Crippen LogP contribution in [-0.4, -0.2) is 117 Å². The van der Waals surface area contributed by atoms with Gasteiger partial charge in [0, 0.05) is 0 Å². The SMILES string of the molecule is Nc1nc2c(ncn2[C@@H]2O[C@H](COP(=O)(O)OP(=O)(O)OC3O[C@H](CO)[C@@H](O)[C@H](O)[C@H]3F)[C@@H](O)[C@H]2O)c(=O)[nH]1. The first-order valence-electron chi connectivity index (χ1n) is 10.8.